The van der Waals surface area contributed by atoms with Gasteiger partial charge in [-0.3, -0.25) is 19.9 Å². The minimum atomic E-state index is 0.872. The number of pyridine rings is 5. The van der Waals surface area contributed by atoms with Crippen LogP contribution in [-0.4, -0.2) is 24.9 Å². The number of benzene rings is 3. The lowest BCUT2D eigenvalue weighted by atomic mass is 9.93. The summed E-state index contributed by atoms with van der Waals surface area (Å²) in [7, 11) is 0. The molecule has 0 bridgehead atoms. The fourth-order valence-electron chi connectivity index (χ4n) is 5.98. The van der Waals surface area contributed by atoms with Gasteiger partial charge in [-0.25, -0.2) is 4.98 Å². The average molecular weight is 616 g/mol. The van der Waals surface area contributed by atoms with Crippen LogP contribution < -0.4 is 0 Å². The monoisotopic (exact) mass is 615 g/mol. The molecule has 0 aliphatic carbocycles. The Balaban J connectivity index is 1.36. The molecule has 0 fully saturated rings. The summed E-state index contributed by atoms with van der Waals surface area (Å²) in [6.07, 6.45) is 14.8. The van der Waals surface area contributed by atoms with Crippen LogP contribution >= 0.6 is 0 Å². The van der Waals surface area contributed by atoms with E-state index in [1.165, 1.54) is 0 Å². The Labute approximate surface area is 279 Å². The third-order valence-corrected chi connectivity index (χ3v) is 8.37. The standard InChI is InChI=1S/C43H29N5/c1-2-8-30(9-3-1)39-24-42(40-20-35(31-10-4-14-44-26-31)18-36(21-40)32-11-5-15-45-27-32)48-43(25-39)41-22-37(33-12-6-16-46-28-33)19-38(23-41)34-13-7-17-47-29-34/h1-29H. The van der Waals surface area contributed by atoms with Crippen LogP contribution in [0.25, 0.3) is 78.1 Å². The normalized spacial score (nSPS) is 10.9. The number of hydrogen-bond donors (Lipinski definition) is 0. The molecule has 0 unspecified atom stereocenters. The van der Waals surface area contributed by atoms with Crippen molar-refractivity contribution in [3.05, 3.63) is 177 Å². The molecule has 5 nitrogen and oxygen atoms in total. The Hall–Kier alpha value is -6.59. The topological polar surface area (TPSA) is 64.5 Å². The fraction of sp³-hybridized carbons (Fsp3) is 0. The second kappa shape index (κ2) is 13.0. The van der Waals surface area contributed by atoms with Crippen LogP contribution in [0.1, 0.15) is 0 Å². The highest BCUT2D eigenvalue weighted by Gasteiger charge is 2.15. The zero-order valence-corrected chi connectivity index (χ0v) is 26.0. The average Bonchev–Trinajstić information content (AvgIpc) is 3.19. The molecule has 48 heavy (non-hydrogen) atoms. The maximum Gasteiger partial charge on any atom is 0.0716 e. The Morgan fingerprint density at radius 3 is 0.896 bits per heavy atom. The second-order valence-electron chi connectivity index (χ2n) is 11.6. The number of hydrogen-bond acceptors (Lipinski definition) is 5. The summed E-state index contributed by atoms with van der Waals surface area (Å²) < 4.78 is 0. The third kappa shape index (κ3) is 6.13. The van der Waals surface area contributed by atoms with Crippen molar-refractivity contribution in [2.45, 2.75) is 0 Å². The van der Waals surface area contributed by atoms with Crippen molar-refractivity contribution in [3.63, 3.8) is 0 Å². The first-order valence-electron chi connectivity index (χ1n) is 15.8. The maximum atomic E-state index is 5.38. The van der Waals surface area contributed by atoms with Crippen molar-refractivity contribution in [2.75, 3.05) is 0 Å². The summed E-state index contributed by atoms with van der Waals surface area (Å²) in [4.78, 5) is 23.0. The lowest BCUT2D eigenvalue weighted by molar-refractivity contribution is 1.30. The van der Waals surface area contributed by atoms with Crippen LogP contribution in [0.4, 0.5) is 0 Å². The molecule has 5 heteroatoms. The van der Waals surface area contributed by atoms with Crippen molar-refractivity contribution in [1.82, 2.24) is 24.9 Å². The molecule has 0 radical (unpaired) electrons. The molecule has 8 rings (SSSR count). The summed E-state index contributed by atoms with van der Waals surface area (Å²) in [6, 6.07) is 44.2. The fourth-order valence-corrected chi connectivity index (χ4v) is 5.98. The van der Waals surface area contributed by atoms with Crippen LogP contribution in [-0.2, 0) is 0 Å². The van der Waals surface area contributed by atoms with Crippen LogP contribution in [0.5, 0.6) is 0 Å². The van der Waals surface area contributed by atoms with Gasteiger partial charge in [-0.05, 0) is 106 Å². The predicted octanol–water partition coefficient (Wildman–Crippen LogP) is 10.3. The van der Waals surface area contributed by atoms with Gasteiger partial charge >= 0.3 is 0 Å². The summed E-state index contributed by atoms with van der Waals surface area (Å²) in [6.45, 7) is 0. The van der Waals surface area contributed by atoms with Crippen LogP contribution in [0.2, 0.25) is 0 Å². The molecule has 0 N–H and O–H groups in total. The molecule has 0 aliphatic rings. The van der Waals surface area contributed by atoms with Gasteiger partial charge in [0.1, 0.15) is 0 Å². The van der Waals surface area contributed by atoms with Gasteiger partial charge in [-0.1, -0.05) is 54.6 Å². The summed E-state index contributed by atoms with van der Waals surface area (Å²) in [5, 5.41) is 0. The quantitative estimate of drug-likeness (QED) is 0.178. The summed E-state index contributed by atoms with van der Waals surface area (Å²) in [5.41, 5.74) is 14.3. The lowest BCUT2D eigenvalue weighted by Gasteiger charge is -2.15. The molecule has 0 saturated carbocycles. The highest BCUT2D eigenvalue weighted by Crippen LogP contribution is 2.37. The number of aromatic nitrogens is 5. The molecular weight excluding hydrogens is 587 g/mol. The summed E-state index contributed by atoms with van der Waals surface area (Å²) >= 11 is 0. The molecule has 226 valence electrons. The molecule has 8 aromatic rings. The minimum Gasteiger partial charge on any atom is -0.264 e. The first-order valence-corrected chi connectivity index (χ1v) is 15.8. The van der Waals surface area contributed by atoms with Crippen molar-refractivity contribution < 1.29 is 0 Å². The molecule has 0 amide bonds. The van der Waals surface area contributed by atoms with Crippen LogP contribution in [0.3, 0.4) is 0 Å². The van der Waals surface area contributed by atoms with Crippen LogP contribution in [0.15, 0.2) is 177 Å². The molecule has 0 spiro atoms. The highest BCUT2D eigenvalue weighted by atomic mass is 14.7. The van der Waals surface area contributed by atoms with E-state index in [0.717, 1.165) is 78.1 Å². The van der Waals surface area contributed by atoms with Crippen molar-refractivity contribution in [2.24, 2.45) is 0 Å². The van der Waals surface area contributed by atoms with Gasteiger partial charge in [0.05, 0.1) is 11.4 Å². The van der Waals surface area contributed by atoms with E-state index in [1.807, 2.05) is 55.1 Å². The van der Waals surface area contributed by atoms with E-state index in [0.29, 0.717) is 0 Å². The first kappa shape index (κ1) is 28.9. The van der Waals surface area contributed by atoms with Gasteiger partial charge in [0, 0.05) is 83.0 Å². The van der Waals surface area contributed by atoms with E-state index in [1.54, 1.807) is 24.8 Å². The van der Waals surface area contributed by atoms with E-state index in [4.69, 9.17) is 4.98 Å². The number of nitrogens with zero attached hydrogens (tertiary/aromatic N) is 5. The SMILES string of the molecule is c1ccc(-c2cc(-c3cc(-c4cccnc4)cc(-c4cccnc4)c3)nc(-c3cc(-c4cccnc4)cc(-c4cccnc4)c3)c2)cc1. The van der Waals surface area contributed by atoms with E-state index < -0.39 is 0 Å². The van der Waals surface area contributed by atoms with E-state index in [9.17, 15) is 0 Å². The van der Waals surface area contributed by atoms with Gasteiger partial charge in [0.25, 0.3) is 0 Å². The molecule has 5 aromatic heterocycles. The Kier molecular flexibility index (Phi) is 7.83. The molecular formula is C43H29N5. The Bertz CT molecular complexity index is 2050. The minimum absolute atomic E-state index is 0.872. The zero-order valence-electron chi connectivity index (χ0n) is 26.0. The molecule has 3 aromatic carbocycles. The van der Waals surface area contributed by atoms with Gasteiger partial charge < -0.3 is 0 Å². The smallest absolute Gasteiger partial charge is 0.0716 e. The van der Waals surface area contributed by atoms with Crippen molar-refractivity contribution in [1.29, 1.82) is 0 Å². The largest absolute Gasteiger partial charge is 0.264 e. The Morgan fingerprint density at radius 1 is 0.250 bits per heavy atom. The van der Waals surface area contributed by atoms with E-state index in [-0.39, 0.29) is 0 Å². The van der Waals surface area contributed by atoms with Crippen molar-refractivity contribution >= 4 is 0 Å². The van der Waals surface area contributed by atoms with Crippen molar-refractivity contribution in [3.8, 4) is 78.1 Å². The molecule has 0 saturated heterocycles. The highest BCUT2D eigenvalue weighted by molar-refractivity contribution is 5.85. The van der Waals surface area contributed by atoms with E-state index >= 15 is 0 Å². The van der Waals surface area contributed by atoms with Gasteiger partial charge in [0.15, 0.2) is 0 Å². The van der Waals surface area contributed by atoms with E-state index in [2.05, 4.69) is 117 Å². The zero-order chi connectivity index (χ0) is 32.1. The summed E-state index contributed by atoms with van der Waals surface area (Å²) in [5.74, 6) is 0. The maximum absolute atomic E-state index is 5.38. The van der Waals surface area contributed by atoms with Gasteiger partial charge in [-0.15, -0.1) is 0 Å². The third-order valence-electron chi connectivity index (χ3n) is 8.37. The lowest BCUT2D eigenvalue weighted by Crippen LogP contribution is -1.94. The number of rotatable bonds is 7. The van der Waals surface area contributed by atoms with Gasteiger partial charge in [-0.2, -0.15) is 0 Å². The molecule has 0 aliphatic heterocycles. The van der Waals surface area contributed by atoms with Gasteiger partial charge in [0.2, 0.25) is 0 Å². The second-order valence-corrected chi connectivity index (χ2v) is 11.6. The molecule has 5 heterocycles. The predicted molar refractivity (Wildman–Crippen MR) is 193 cm³/mol. The Morgan fingerprint density at radius 2 is 0.562 bits per heavy atom. The molecule has 0 atom stereocenters. The van der Waals surface area contributed by atoms with Crippen LogP contribution in [0, 0.1) is 0 Å². The first-order chi connectivity index (χ1) is 23.8.